The quantitative estimate of drug-likeness (QED) is 0.149. The molecule has 58 heavy (non-hydrogen) atoms. The lowest BCUT2D eigenvalue weighted by Crippen LogP contribution is -2.43. The maximum Gasteiger partial charge on any atom is 0.417 e. The molecule has 16 heteroatoms. The first-order valence-corrected chi connectivity index (χ1v) is 17.7. The second-order valence-electron chi connectivity index (χ2n) is 13.7. The highest BCUT2D eigenvalue weighted by Gasteiger charge is 2.39. The second kappa shape index (κ2) is 15.2. The lowest BCUT2D eigenvalue weighted by atomic mass is 9.90. The number of aliphatic carboxylic acids is 1. The minimum absolute atomic E-state index is 0.00471. The van der Waals surface area contributed by atoms with Crippen LogP contribution in [-0.4, -0.2) is 47.3 Å². The molecule has 2 heterocycles. The van der Waals surface area contributed by atoms with Gasteiger partial charge in [0.25, 0.3) is 11.5 Å². The number of pyridine rings is 1. The molecule has 0 bridgehead atoms. The van der Waals surface area contributed by atoms with E-state index in [9.17, 15) is 45.8 Å². The number of rotatable bonds is 8. The van der Waals surface area contributed by atoms with Crippen LogP contribution in [-0.2, 0) is 35.4 Å². The molecule has 1 aliphatic heterocycles. The van der Waals surface area contributed by atoms with E-state index in [1.54, 1.807) is 0 Å². The highest BCUT2D eigenvalue weighted by Crippen LogP contribution is 2.42. The van der Waals surface area contributed by atoms with Crippen LogP contribution in [0.3, 0.4) is 0 Å². The van der Waals surface area contributed by atoms with Crippen molar-refractivity contribution in [3.63, 3.8) is 0 Å². The van der Waals surface area contributed by atoms with Gasteiger partial charge in [0, 0.05) is 37.6 Å². The zero-order valence-electron chi connectivity index (χ0n) is 30.2. The third-order valence-electron chi connectivity index (χ3n) is 10.2. The van der Waals surface area contributed by atoms with Gasteiger partial charge in [-0.3, -0.25) is 9.59 Å². The summed E-state index contributed by atoms with van der Waals surface area (Å²) in [4.78, 5) is 40.9. The van der Waals surface area contributed by atoms with Gasteiger partial charge < -0.3 is 24.6 Å². The van der Waals surface area contributed by atoms with Crippen molar-refractivity contribution >= 4 is 39.2 Å². The summed E-state index contributed by atoms with van der Waals surface area (Å²) in [6, 6.07) is 18.6. The number of fused-ring (bicyclic) bond motifs is 2. The van der Waals surface area contributed by atoms with Gasteiger partial charge in [0.1, 0.15) is 29.3 Å². The van der Waals surface area contributed by atoms with Crippen molar-refractivity contribution in [2.75, 3.05) is 24.6 Å². The fourth-order valence-corrected chi connectivity index (χ4v) is 7.42. The fourth-order valence-electron chi connectivity index (χ4n) is 7.42. The van der Waals surface area contributed by atoms with Crippen molar-refractivity contribution in [1.29, 1.82) is 0 Å². The summed E-state index contributed by atoms with van der Waals surface area (Å²) in [7, 11) is 1.35. The number of hydrogen-bond donors (Lipinski definition) is 2. The summed E-state index contributed by atoms with van der Waals surface area (Å²) in [6.07, 6.45) is -10.9. The topological polar surface area (TPSA) is 101 Å². The first kappa shape index (κ1) is 39.9. The Morgan fingerprint density at radius 3 is 2.19 bits per heavy atom. The van der Waals surface area contributed by atoms with Gasteiger partial charge >= 0.3 is 18.3 Å². The molecule has 1 unspecified atom stereocenters. The zero-order valence-corrected chi connectivity index (χ0v) is 30.2. The molecular formula is C42H31F8N3O5. The summed E-state index contributed by atoms with van der Waals surface area (Å²) in [5.41, 5.74) is -4.27. The highest BCUT2D eigenvalue weighted by atomic mass is 19.4. The normalized spacial score (nSPS) is 15.5. The molecule has 0 saturated carbocycles. The number of carboxylic acid groups (broad SMARTS) is 1. The summed E-state index contributed by atoms with van der Waals surface area (Å²) in [5.74, 6) is -5.68. The lowest BCUT2D eigenvalue weighted by molar-refractivity contribution is -0.139. The number of anilines is 1. The number of halogens is 8. The van der Waals surface area contributed by atoms with Crippen molar-refractivity contribution in [1.82, 2.24) is 9.88 Å². The van der Waals surface area contributed by atoms with E-state index < -0.39 is 82.2 Å². The average Bonchev–Trinajstić information content (AvgIpc) is 3.18. The number of amides is 1. The monoisotopic (exact) mass is 809 g/mol. The van der Waals surface area contributed by atoms with Gasteiger partial charge in [-0.1, -0.05) is 66.7 Å². The third-order valence-corrected chi connectivity index (χ3v) is 10.2. The zero-order chi connectivity index (χ0) is 41.7. The van der Waals surface area contributed by atoms with Gasteiger partial charge in [0.2, 0.25) is 0 Å². The van der Waals surface area contributed by atoms with E-state index in [0.717, 1.165) is 28.8 Å². The predicted molar refractivity (Wildman–Crippen MR) is 198 cm³/mol. The molecule has 0 radical (unpaired) electrons. The first-order valence-electron chi connectivity index (χ1n) is 17.7. The van der Waals surface area contributed by atoms with E-state index in [0.29, 0.717) is 0 Å². The maximum atomic E-state index is 15.5. The van der Waals surface area contributed by atoms with Crippen LogP contribution in [0.4, 0.5) is 40.8 Å². The Morgan fingerprint density at radius 2 is 1.50 bits per heavy atom. The van der Waals surface area contributed by atoms with Crippen LogP contribution in [0.2, 0.25) is 0 Å². The van der Waals surface area contributed by atoms with Gasteiger partial charge in [-0.15, -0.1) is 0 Å². The summed E-state index contributed by atoms with van der Waals surface area (Å²) in [6.45, 7) is 0.0396. The Kier molecular flexibility index (Phi) is 10.5. The summed E-state index contributed by atoms with van der Waals surface area (Å²) < 4.78 is 122. The number of para-hydroxylation sites is 1. The SMILES string of the molecule is Cn1c(=O)c(-c2cccc3c(C[C@H](NC(=O)c4c(F)cc(N5CCOC(c6cccc(C(F)(F)F)c6)C5)cc4F)C(=O)O)cccc23)c(C(F)(F)F)c2ccccc21. The molecule has 2 atom stereocenters. The molecule has 8 nitrogen and oxygen atoms in total. The smallest absolute Gasteiger partial charge is 0.417 e. The number of hydrogen-bond acceptors (Lipinski definition) is 5. The van der Waals surface area contributed by atoms with E-state index in [1.807, 2.05) is 0 Å². The number of aryl methyl sites for hydroxylation is 1. The number of morpholine rings is 1. The number of carbonyl (C=O) groups is 2. The number of carbonyl (C=O) groups excluding carboxylic acids is 1. The van der Waals surface area contributed by atoms with Crippen LogP contribution in [0, 0.1) is 11.6 Å². The van der Waals surface area contributed by atoms with E-state index in [4.69, 9.17) is 4.74 Å². The summed E-state index contributed by atoms with van der Waals surface area (Å²) >= 11 is 0. The number of nitrogens with zero attached hydrogens (tertiary/aromatic N) is 2. The molecule has 300 valence electrons. The molecule has 6 aromatic rings. The Bertz CT molecular complexity index is 2630. The van der Waals surface area contributed by atoms with Crippen molar-refractivity contribution in [3.8, 4) is 11.1 Å². The standard InChI is InChI=1S/C42H31F8N3O5/c1-52-33-14-3-2-10-29(33)37(42(48,49)50)35(39(52)55)28-13-6-11-26-22(7-5-12-27(26)28)18-32(40(56)57)51-38(54)36-30(43)19-25(20-31(36)44)53-15-16-58-34(21-53)23-8-4-9-24(17-23)41(45,46)47/h2-14,17,19-20,32,34H,15-16,18,21H2,1H3,(H,51,54)(H,56,57)/t32-,34?/m0/s1. The van der Waals surface area contributed by atoms with Crippen LogP contribution in [0.15, 0.2) is 102 Å². The Labute approximate surface area is 323 Å². The van der Waals surface area contributed by atoms with Crippen molar-refractivity contribution < 1.29 is 54.6 Å². The Morgan fingerprint density at radius 1 is 0.845 bits per heavy atom. The van der Waals surface area contributed by atoms with Crippen molar-refractivity contribution in [2.45, 2.75) is 30.9 Å². The predicted octanol–water partition coefficient (Wildman–Crippen LogP) is 8.68. The van der Waals surface area contributed by atoms with Crippen LogP contribution >= 0.6 is 0 Å². The molecule has 1 aromatic heterocycles. The number of nitrogens with one attached hydrogen (secondary N) is 1. The number of aromatic nitrogens is 1. The molecule has 0 spiro atoms. The first-order chi connectivity index (χ1) is 27.4. The molecule has 1 fully saturated rings. The molecule has 0 aliphatic carbocycles. The second-order valence-corrected chi connectivity index (χ2v) is 13.7. The molecular weight excluding hydrogens is 778 g/mol. The Hall–Kier alpha value is -6.29. The fraction of sp³-hybridized carbons (Fsp3) is 0.214. The van der Waals surface area contributed by atoms with Crippen LogP contribution < -0.4 is 15.8 Å². The minimum atomic E-state index is -4.94. The molecule has 7 rings (SSSR count). The summed E-state index contributed by atoms with van der Waals surface area (Å²) in [5, 5.41) is 12.5. The molecule has 1 aliphatic rings. The van der Waals surface area contributed by atoms with Gasteiger partial charge in [-0.05, 0) is 57.8 Å². The van der Waals surface area contributed by atoms with Crippen molar-refractivity contribution in [2.24, 2.45) is 7.05 Å². The molecule has 1 saturated heterocycles. The van der Waals surface area contributed by atoms with Crippen LogP contribution in [0.5, 0.6) is 0 Å². The number of carboxylic acids is 1. The van der Waals surface area contributed by atoms with Gasteiger partial charge in [0.05, 0.1) is 28.8 Å². The van der Waals surface area contributed by atoms with E-state index >= 15 is 8.78 Å². The van der Waals surface area contributed by atoms with E-state index in [-0.39, 0.29) is 63.7 Å². The number of benzene rings is 5. The molecule has 2 N–H and O–H groups in total. The van der Waals surface area contributed by atoms with Gasteiger partial charge in [0.15, 0.2) is 0 Å². The average molecular weight is 810 g/mol. The number of ether oxygens (including phenoxy) is 1. The van der Waals surface area contributed by atoms with Gasteiger partial charge in [-0.25, -0.2) is 13.6 Å². The van der Waals surface area contributed by atoms with Gasteiger partial charge in [-0.2, -0.15) is 26.3 Å². The minimum Gasteiger partial charge on any atom is -0.480 e. The molecule has 5 aromatic carbocycles. The maximum absolute atomic E-state index is 15.5. The third kappa shape index (κ3) is 7.58. The van der Waals surface area contributed by atoms with Crippen LogP contribution in [0.25, 0.3) is 32.8 Å². The lowest BCUT2D eigenvalue weighted by Gasteiger charge is -2.35. The number of alkyl halides is 6. The highest BCUT2D eigenvalue weighted by molar-refractivity contribution is 6.02. The van der Waals surface area contributed by atoms with Crippen molar-refractivity contribution in [3.05, 3.63) is 147 Å². The molecule has 1 amide bonds. The Balaban J connectivity index is 1.16. The van der Waals surface area contributed by atoms with E-state index in [2.05, 4.69) is 5.32 Å². The van der Waals surface area contributed by atoms with E-state index in [1.165, 1.54) is 84.7 Å². The largest absolute Gasteiger partial charge is 0.480 e. The van der Waals surface area contributed by atoms with Crippen LogP contribution in [0.1, 0.15) is 38.7 Å².